The lowest BCUT2D eigenvalue weighted by atomic mass is 10.4. The van der Waals surface area contributed by atoms with Gasteiger partial charge < -0.3 is 5.32 Å². The predicted molar refractivity (Wildman–Crippen MR) is 64.8 cm³/mol. The first-order valence-corrected chi connectivity index (χ1v) is 5.81. The number of alkyl halides is 1. The van der Waals surface area contributed by atoms with E-state index >= 15 is 0 Å². The molecule has 0 saturated heterocycles. The molecule has 0 aromatic carbocycles. The van der Waals surface area contributed by atoms with Crippen LogP contribution in [0.3, 0.4) is 0 Å². The lowest BCUT2D eigenvalue weighted by Crippen LogP contribution is -2.04. The molecule has 0 bridgehead atoms. The average molecular weight is 286 g/mol. The molecule has 0 spiro atoms. The summed E-state index contributed by atoms with van der Waals surface area (Å²) in [4.78, 5) is 18.9. The minimum absolute atomic E-state index is 0.0295. The van der Waals surface area contributed by atoms with Gasteiger partial charge in [0.05, 0.1) is 5.69 Å². The molecule has 92 valence electrons. The van der Waals surface area contributed by atoms with Crippen LogP contribution in [0, 0.1) is 11.3 Å². The summed E-state index contributed by atoms with van der Waals surface area (Å²) in [6, 6.07) is 3.04. The first-order valence-electron chi connectivity index (χ1n) is 4.62. The number of hydrogen-bond acceptors (Lipinski definition) is 6. The zero-order valence-corrected chi connectivity index (χ0v) is 10.3. The molecule has 0 amide bonds. The van der Waals surface area contributed by atoms with Gasteiger partial charge in [0.15, 0.2) is 5.56 Å². The van der Waals surface area contributed by atoms with Crippen LogP contribution in [0.25, 0.3) is 0 Å². The maximum atomic E-state index is 12.5. The Labute approximate surface area is 109 Å². The molecule has 0 fully saturated rings. The lowest BCUT2D eigenvalue weighted by Gasteiger charge is -2.03. The van der Waals surface area contributed by atoms with Gasteiger partial charge in [-0.2, -0.15) is 5.26 Å². The maximum Gasteiger partial charge on any atom is 0.278 e. The van der Waals surface area contributed by atoms with Gasteiger partial charge in [-0.3, -0.25) is 9.17 Å². The zero-order chi connectivity index (χ0) is 13.1. The Hall–Kier alpha value is -1.98. The van der Waals surface area contributed by atoms with Crippen LogP contribution in [0.4, 0.5) is 15.3 Å². The number of nitrogens with zero attached hydrogens (tertiary/aromatic N) is 3. The van der Waals surface area contributed by atoms with Crippen molar-refractivity contribution in [1.82, 2.24) is 14.3 Å². The zero-order valence-electron chi connectivity index (χ0n) is 8.70. The quantitative estimate of drug-likeness (QED) is 0.841. The van der Waals surface area contributed by atoms with Crippen molar-refractivity contribution in [3.63, 3.8) is 0 Å². The topological polar surface area (TPSA) is 94.5 Å². The van der Waals surface area contributed by atoms with Gasteiger partial charge in [0.1, 0.15) is 22.9 Å². The highest BCUT2D eigenvalue weighted by Crippen LogP contribution is 2.21. The number of nitriles is 1. The molecule has 6 nitrogen and oxygen atoms in total. The summed E-state index contributed by atoms with van der Waals surface area (Å²) in [5.41, 5.74) is -0.470. The molecule has 0 aliphatic rings. The van der Waals surface area contributed by atoms with Crippen LogP contribution < -0.4 is 10.9 Å². The Bertz CT molecular complexity index is 676. The van der Waals surface area contributed by atoms with Gasteiger partial charge in [0.2, 0.25) is 5.95 Å². The third-order valence-corrected chi connectivity index (χ3v) is 2.91. The molecule has 2 heterocycles. The second-order valence-corrected chi connectivity index (χ2v) is 4.32. The van der Waals surface area contributed by atoms with Crippen LogP contribution in [-0.2, 0) is 6.67 Å². The van der Waals surface area contributed by atoms with E-state index in [-0.39, 0.29) is 27.4 Å². The van der Waals surface area contributed by atoms with Crippen LogP contribution >= 0.6 is 23.1 Å². The molecule has 2 aromatic heterocycles. The molecule has 0 unspecified atom stereocenters. The molecule has 18 heavy (non-hydrogen) atoms. The Morgan fingerprint density at radius 3 is 3.06 bits per heavy atom. The Morgan fingerprint density at radius 2 is 2.39 bits per heavy atom. The van der Waals surface area contributed by atoms with E-state index in [1.807, 2.05) is 0 Å². The van der Waals surface area contributed by atoms with Crippen molar-refractivity contribution in [2.75, 3.05) is 5.32 Å². The summed E-state index contributed by atoms with van der Waals surface area (Å²) < 4.78 is 14.9. The largest absolute Gasteiger partial charge is 0.313 e. The summed E-state index contributed by atoms with van der Waals surface area (Å²) in [6.07, 6.45) is 0. The number of aromatic nitrogens is 3. The fourth-order valence-corrected chi connectivity index (χ4v) is 2.07. The van der Waals surface area contributed by atoms with Crippen molar-refractivity contribution >= 4 is 34.1 Å². The maximum absolute atomic E-state index is 12.5. The molecule has 0 aliphatic carbocycles. The number of aromatic amines is 1. The molecule has 9 heteroatoms. The Kier molecular flexibility index (Phi) is 3.55. The summed E-state index contributed by atoms with van der Waals surface area (Å²) >= 11 is 6.61. The van der Waals surface area contributed by atoms with Gasteiger partial charge in [0.25, 0.3) is 5.56 Å². The van der Waals surface area contributed by atoms with Crippen molar-refractivity contribution in [2.45, 2.75) is 6.67 Å². The van der Waals surface area contributed by atoms with E-state index < -0.39 is 12.2 Å². The highest BCUT2D eigenvalue weighted by molar-refractivity contribution is 7.10. The normalized spacial score (nSPS) is 10.1. The summed E-state index contributed by atoms with van der Waals surface area (Å²) in [5, 5.41) is 11.8. The van der Waals surface area contributed by atoms with Crippen molar-refractivity contribution in [3.8, 4) is 6.07 Å². The summed E-state index contributed by atoms with van der Waals surface area (Å²) in [5.74, 6) is 0.0295. The van der Waals surface area contributed by atoms with E-state index in [1.165, 1.54) is 6.07 Å². The first kappa shape index (κ1) is 12.5. The van der Waals surface area contributed by atoms with Crippen LogP contribution in [0.5, 0.6) is 0 Å². The molecular weight excluding hydrogens is 281 g/mol. The van der Waals surface area contributed by atoms with Gasteiger partial charge >= 0.3 is 0 Å². The van der Waals surface area contributed by atoms with Crippen LogP contribution in [0.1, 0.15) is 11.3 Å². The summed E-state index contributed by atoms with van der Waals surface area (Å²) in [7, 11) is 0. The van der Waals surface area contributed by atoms with Crippen molar-refractivity contribution in [3.05, 3.63) is 32.8 Å². The molecule has 2 aromatic rings. The molecule has 0 aliphatic heterocycles. The second-order valence-electron chi connectivity index (χ2n) is 3.11. The van der Waals surface area contributed by atoms with Crippen molar-refractivity contribution < 1.29 is 4.39 Å². The third kappa shape index (κ3) is 2.47. The second kappa shape index (κ2) is 5.12. The van der Waals surface area contributed by atoms with Gasteiger partial charge in [-0.05, 0) is 17.6 Å². The first-order chi connectivity index (χ1) is 8.63. The van der Waals surface area contributed by atoms with E-state index in [4.69, 9.17) is 16.9 Å². The minimum atomic E-state index is -0.786. The number of hydrogen-bond donors (Lipinski definition) is 2. The average Bonchev–Trinajstić information content (AvgIpc) is 2.69. The molecule has 0 atom stereocenters. The minimum Gasteiger partial charge on any atom is -0.313 e. The van der Waals surface area contributed by atoms with Crippen LogP contribution in [0.15, 0.2) is 10.9 Å². The fraction of sp³-hybridized carbons (Fsp3) is 0.111. The standard InChI is InChI=1S/C9H5ClFN5OS/c10-6-1-4(2-11)13-9(14-6)15-8-5(3-12)7(17)16-18-8/h1H,2H2,(H,16,17)(H,13,14,15). The predicted octanol–water partition coefficient (Wildman–Crippen LogP) is 1.96. The van der Waals surface area contributed by atoms with Gasteiger partial charge in [-0.15, -0.1) is 0 Å². The molecule has 2 N–H and O–H groups in total. The number of nitrogens with one attached hydrogen (secondary N) is 2. The van der Waals surface area contributed by atoms with E-state index in [2.05, 4.69) is 19.7 Å². The van der Waals surface area contributed by atoms with E-state index in [0.29, 0.717) is 0 Å². The van der Waals surface area contributed by atoms with Gasteiger partial charge in [-0.25, -0.2) is 14.4 Å². The van der Waals surface area contributed by atoms with Crippen molar-refractivity contribution in [2.24, 2.45) is 0 Å². The highest BCUT2D eigenvalue weighted by Gasteiger charge is 2.12. The third-order valence-electron chi connectivity index (χ3n) is 1.92. The smallest absolute Gasteiger partial charge is 0.278 e. The van der Waals surface area contributed by atoms with Crippen molar-refractivity contribution in [1.29, 1.82) is 5.26 Å². The molecular formula is C9H5ClFN5OS. The molecule has 2 rings (SSSR count). The van der Waals surface area contributed by atoms with Gasteiger partial charge in [-0.1, -0.05) is 11.6 Å². The monoisotopic (exact) mass is 285 g/mol. The van der Waals surface area contributed by atoms with E-state index in [0.717, 1.165) is 11.5 Å². The Morgan fingerprint density at radius 1 is 1.61 bits per heavy atom. The fourth-order valence-electron chi connectivity index (χ4n) is 1.18. The number of H-pyrrole nitrogens is 1. The van der Waals surface area contributed by atoms with E-state index in [1.54, 1.807) is 6.07 Å². The highest BCUT2D eigenvalue weighted by atomic mass is 35.5. The van der Waals surface area contributed by atoms with Crippen LogP contribution in [0.2, 0.25) is 5.15 Å². The number of anilines is 2. The SMILES string of the molecule is N#Cc1c(Nc2nc(Cl)cc(CF)n2)s[nH]c1=O. The van der Waals surface area contributed by atoms with Gasteiger partial charge in [0, 0.05) is 0 Å². The lowest BCUT2D eigenvalue weighted by molar-refractivity contribution is 0.476. The Balaban J connectivity index is 2.37. The molecule has 0 saturated carbocycles. The van der Waals surface area contributed by atoms with E-state index in [9.17, 15) is 9.18 Å². The number of rotatable bonds is 3. The van der Waals surface area contributed by atoms with Crippen LogP contribution in [-0.4, -0.2) is 14.3 Å². The number of halogens is 2. The molecule has 0 radical (unpaired) electrons. The summed E-state index contributed by atoms with van der Waals surface area (Å²) in [6.45, 7) is -0.786.